The van der Waals surface area contributed by atoms with E-state index in [0.29, 0.717) is 28.1 Å². The molecule has 154 valence electrons. The number of aryl methyl sites for hydroxylation is 1. The van der Waals surface area contributed by atoms with E-state index in [0.717, 1.165) is 0 Å². The number of Topliss-reactive ketones (excluding diaryl/α,β-unsaturated/α-hetero) is 1. The van der Waals surface area contributed by atoms with Gasteiger partial charge < -0.3 is 19.8 Å². The number of methoxy groups -OCH3 is 1. The third-order valence-corrected chi connectivity index (χ3v) is 4.37. The van der Waals surface area contributed by atoms with E-state index in [2.05, 4.69) is 10.3 Å². The van der Waals surface area contributed by atoms with Crippen LogP contribution in [0.2, 0.25) is 0 Å². The monoisotopic (exact) mass is 400 g/mol. The maximum Gasteiger partial charge on any atom is 0.339 e. The first kappa shape index (κ1) is 21.9. The number of H-pyrrole nitrogens is 1. The Balaban J connectivity index is 2.03. The third-order valence-electron chi connectivity index (χ3n) is 4.37. The molecule has 0 aliphatic carbocycles. The molecule has 1 atom stereocenters. The number of carbonyl (C=O) groups is 4. The molecule has 0 bridgehead atoms. The van der Waals surface area contributed by atoms with E-state index in [1.807, 2.05) is 0 Å². The molecule has 0 aliphatic rings. The Bertz CT molecular complexity index is 943. The Morgan fingerprint density at radius 1 is 1.10 bits per heavy atom. The molecule has 1 amide bonds. The number of esters is 2. The van der Waals surface area contributed by atoms with Gasteiger partial charge in [-0.25, -0.2) is 4.79 Å². The molecule has 2 rings (SSSR count). The van der Waals surface area contributed by atoms with Crippen molar-refractivity contribution in [2.24, 2.45) is 0 Å². The van der Waals surface area contributed by atoms with E-state index in [9.17, 15) is 19.2 Å². The number of amides is 1. The van der Waals surface area contributed by atoms with Crippen LogP contribution in [0, 0.1) is 13.8 Å². The van der Waals surface area contributed by atoms with Gasteiger partial charge in [0.1, 0.15) is 0 Å². The highest BCUT2D eigenvalue weighted by molar-refractivity contribution is 6.04. The van der Waals surface area contributed by atoms with Gasteiger partial charge in [-0.1, -0.05) is 12.1 Å². The molecule has 8 nitrogen and oxygen atoms in total. The van der Waals surface area contributed by atoms with Crippen molar-refractivity contribution in [2.75, 3.05) is 12.4 Å². The number of carbonyl (C=O) groups excluding carboxylic acids is 4. The van der Waals surface area contributed by atoms with Gasteiger partial charge in [0.25, 0.3) is 0 Å². The molecule has 1 aromatic carbocycles. The van der Waals surface area contributed by atoms with Crippen molar-refractivity contribution in [1.29, 1.82) is 0 Å². The third kappa shape index (κ3) is 5.31. The molecule has 2 N–H and O–H groups in total. The summed E-state index contributed by atoms with van der Waals surface area (Å²) in [5.41, 5.74) is 2.78. The minimum atomic E-state index is -1.02. The predicted octanol–water partition coefficient (Wildman–Crippen LogP) is 2.73. The Morgan fingerprint density at radius 2 is 1.72 bits per heavy atom. The highest BCUT2D eigenvalue weighted by atomic mass is 16.5. The van der Waals surface area contributed by atoms with Gasteiger partial charge in [-0.15, -0.1) is 0 Å². The maximum atomic E-state index is 12.7. The van der Waals surface area contributed by atoms with Gasteiger partial charge in [-0.3, -0.25) is 14.4 Å². The van der Waals surface area contributed by atoms with Crippen molar-refractivity contribution in [3.05, 3.63) is 52.3 Å². The van der Waals surface area contributed by atoms with Gasteiger partial charge in [0.05, 0.1) is 24.8 Å². The first-order valence-electron chi connectivity index (χ1n) is 9.01. The van der Waals surface area contributed by atoms with Crippen LogP contribution in [-0.4, -0.2) is 41.8 Å². The topological polar surface area (TPSA) is 115 Å². The normalized spacial score (nSPS) is 11.5. The minimum absolute atomic E-state index is 0.0197. The fourth-order valence-corrected chi connectivity index (χ4v) is 2.98. The zero-order chi connectivity index (χ0) is 21.7. The zero-order valence-corrected chi connectivity index (χ0v) is 17.0. The number of hydrogen-bond donors (Lipinski definition) is 2. The lowest BCUT2D eigenvalue weighted by atomic mass is 10.1. The van der Waals surface area contributed by atoms with Crippen LogP contribution in [0.25, 0.3) is 0 Å². The van der Waals surface area contributed by atoms with Gasteiger partial charge in [0.2, 0.25) is 11.7 Å². The minimum Gasteiger partial charge on any atom is -0.465 e. The Hall–Kier alpha value is -3.42. The number of aromatic nitrogens is 1. The molecule has 0 fully saturated rings. The summed E-state index contributed by atoms with van der Waals surface area (Å²) in [6.07, 6.45) is -1.04. The molecule has 0 spiro atoms. The molecule has 29 heavy (non-hydrogen) atoms. The number of ketones is 1. The number of hydrogen-bond acceptors (Lipinski definition) is 6. The summed E-state index contributed by atoms with van der Waals surface area (Å²) in [6, 6.07) is 6.75. The Labute approximate surface area is 168 Å². The predicted molar refractivity (Wildman–Crippen MR) is 106 cm³/mol. The number of ether oxygens (including phenoxy) is 2. The Kier molecular flexibility index (Phi) is 6.93. The average molecular weight is 400 g/mol. The summed E-state index contributed by atoms with van der Waals surface area (Å²) in [5.74, 6) is -1.72. The second-order valence-corrected chi connectivity index (χ2v) is 6.67. The molecule has 8 heteroatoms. The van der Waals surface area contributed by atoms with Crippen LogP contribution in [0.4, 0.5) is 5.69 Å². The van der Waals surface area contributed by atoms with Crippen LogP contribution in [0.1, 0.15) is 51.5 Å². The van der Waals surface area contributed by atoms with Gasteiger partial charge in [-0.2, -0.15) is 0 Å². The lowest BCUT2D eigenvalue weighted by molar-refractivity contribution is -0.145. The molecule has 0 aliphatic heterocycles. The summed E-state index contributed by atoms with van der Waals surface area (Å²) >= 11 is 0. The number of benzene rings is 1. The summed E-state index contributed by atoms with van der Waals surface area (Å²) in [7, 11) is 1.27. The number of rotatable bonds is 7. The lowest BCUT2D eigenvalue weighted by Gasteiger charge is -2.12. The molecule has 1 aromatic heterocycles. The van der Waals surface area contributed by atoms with E-state index in [1.165, 1.54) is 21.0 Å². The first-order chi connectivity index (χ1) is 13.6. The average Bonchev–Trinajstić information content (AvgIpc) is 2.95. The van der Waals surface area contributed by atoms with Gasteiger partial charge in [0.15, 0.2) is 6.10 Å². The van der Waals surface area contributed by atoms with Crippen molar-refractivity contribution >= 4 is 29.3 Å². The zero-order valence-electron chi connectivity index (χ0n) is 17.0. The fourth-order valence-electron chi connectivity index (χ4n) is 2.98. The van der Waals surface area contributed by atoms with E-state index in [4.69, 9.17) is 9.47 Å². The number of aromatic amines is 1. The molecule has 0 saturated heterocycles. The van der Waals surface area contributed by atoms with E-state index >= 15 is 0 Å². The van der Waals surface area contributed by atoms with Gasteiger partial charge in [-0.05, 0) is 44.0 Å². The van der Waals surface area contributed by atoms with Crippen molar-refractivity contribution in [1.82, 2.24) is 4.98 Å². The maximum absolute atomic E-state index is 12.7. The summed E-state index contributed by atoms with van der Waals surface area (Å²) in [5, 5.41) is 2.64. The van der Waals surface area contributed by atoms with Crippen molar-refractivity contribution in [3.8, 4) is 0 Å². The standard InChI is InChI=1S/C21H24N2O6/c1-11-18(21(27)28-5)12(2)22-19(11)20(26)13(3)29-17(25)10-15-6-8-16(9-7-15)23-14(4)24/h6-9,13,22H,10H2,1-5H3,(H,23,24)/t13-/m0/s1. The highest BCUT2D eigenvalue weighted by Crippen LogP contribution is 2.21. The van der Waals surface area contributed by atoms with E-state index in [-0.39, 0.29) is 18.0 Å². The van der Waals surface area contributed by atoms with Crippen LogP contribution in [0.15, 0.2) is 24.3 Å². The van der Waals surface area contributed by atoms with Crippen LogP contribution in [0.3, 0.4) is 0 Å². The summed E-state index contributed by atoms with van der Waals surface area (Å²) < 4.78 is 10.00. The molecule has 0 saturated carbocycles. The van der Waals surface area contributed by atoms with Crippen LogP contribution in [-0.2, 0) is 25.5 Å². The Morgan fingerprint density at radius 3 is 2.28 bits per heavy atom. The van der Waals surface area contributed by atoms with Crippen LogP contribution < -0.4 is 5.32 Å². The van der Waals surface area contributed by atoms with Gasteiger partial charge in [0, 0.05) is 18.3 Å². The fraction of sp³-hybridized carbons (Fsp3) is 0.333. The molecule has 0 unspecified atom stereocenters. The highest BCUT2D eigenvalue weighted by Gasteiger charge is 2.27. The number of nitrogens with one attached hydrogen (secondary N) is 2. The lowest BCUT2D eigenvalue weighted by Crippen LogP contribution is -2.26. The molecule has 2 aromatic rings. The largest absolute Gasteiger partial charge is 0.465 e. The molecule has 0 radical (unpaired) electrons. The summed E-state index contributed by atoms with van der Waals surface area (Å²) in [4.78, 5) is 50.7. The van der Waals surface area contributed by atoms with Crippen molar-refractivity contribution < 1.29 is 28.7 Å². The van der Waals surface area contributed by atoms with Gasteiger partial charge >= 0.3 is 11.9 Å². The molecular formula is C21H24N2O6. The SMILES string of the molecule is COC(=O)c1c(C)[nH]c(C(=O)[C@H](C)OC(=O)Cc2ccc(NC(C)=O)cc2)c1C. The van der Waals surface area contributed by atoms with E-state index < -0.39 is 23.8 Å². The molecular weight excluding hydrogens is 376 g/mol. The van der Waals surface area contributed by atoms with Crippen molar-refractivity contribution in [2.45, 2.75) is 40.2 Å². The smallest absolute Gasteiger partial charge is 0.339 e. The number of anilines is 1. The van der Waals surface area contributed by atoms with E-state index in [1.54, 1.807) is 38.1 Å². The first-order valence-corrected chi connectivity index (χ1v) is 9.01. The quantitative estimate of drug-likeness (QED) is 0.546. The summed E-state index contributed by atoms with van der Waals surface area (Å²) in [6.45, 7) is 6.18. The van der Waals surface area contributed by atoms with Crippen LogP contribution in [0.5, 0.6) is 0 Å². The van der Waals surface area contributed by atoms with Crippen LogP contribution >= 0.6 is 0 Å². The second kappa shape index (κ2) is 9.18. The van der Waals surface area contributed by atoms with Crippen molar-refractivity contribution in [3.63, 3.8) is 0 Å². The second-order valence-electron chi connectivity index (χ2n) is 6.67. The molecule has 1 heterocycles.